The zero-order valence-corrected chi connectivity index (χ0v) is 24.0. The van der Waals surface area contributed by atoms with Gasteiger partial charge in [0.1, 0.15) is 12.4 Å². The predicted molar refractivity (Wildman–Crippen MR) is 153 cm³/mol. The molecule has 3 rings (SSSR count). The second-order valence-electron chi connectivity index (χ2n) is 10.1. The minimum atomic E-state index is -3.98. The van der Waals surface area contributed by atoms with Crippen LogP contribution in [0.1, 0.15) is 37.8 Å². The number of carbonyl (C=O) groups is 1. The summed E-state index contributed by atoms with van der Waals surface area (Å²) < 4.78 is 33.7. The minimum Gasteiger partial charge on any atom is -0.491 e. The fourth-order valence-electron chi connectivity index (χ4n) is 4.81. The molecule has 40 heavy (non-hydrogen) atoms. The van der Waals surface area contributed by atoms with Crippen molar-refractivity contribution in [1.29, 1.82) is 0 Å². The first-order chi connectivity index (χ1) is 19.1. The summed E-state index contributed by atoms with van der Waals surface area (Å²) in [5.41, 5.74) is 3.50. The number of aryl methyl sites for hydroxylation is 1. The maximum atomic E-state index is 13.4. The van der Waals surface area contributed by atoms with E-state index in [4.69, 9.17) is 9.84 Å². The lowest BCUT2D eigenvalue weighted by Crippen LogP contribution is -2.46. The summed E-state index contributed by atoms with van der Waals surface area (Å²) >= 11 is 0. The Balaban J connectivity index is 1.71. The lowest BCUT2D eigenvalue weighted by molar-refractivity contribution is -0.127. The number of rotatable bonds is 14. The highest BCUT2D eigenvalue weighted by Gasteiger charge is 2.33. The first-order valence-electron chi connectivity index (χ1n) is 13.4. The van der Waals surface area contributed by atoms with E-state index in [0.717, 1.165) is 22.3 Å². The average molecular weight is 573 g/mol. The van der Waals surface area contributed by atoms with Crippen molar-refractivity contribution in [2.24, 2.45) is 5.92 Å². The van der Waals surface area contributed by atoms with Gasteiger partial charge in [0.2, 0.25) is 15.9 Å². The average Bonchev–Trinajstić information content (AvgIpc) is 3.19. The molecule has 0 aromatic heterocycles. The van der Waals surface area contributed by atoms with E-state index in [2.05, 4.69) is 10.0 Å². The molecule has 2 aromatic rings. The Hall–Kier alpha value is -3.02. The molecule has 2 aromatic carbocycles. The molecule has 0 fully saturated rings. The highest BCUT2D eigenvalue weighted by Crippen LogP contribution is 2.28. The van der Waals surface area contributed by atoms with Gasteiger partial charge in [0.15, 0.2) is 0 Å². The Labute approximate surface area is 236 Å². The fraction of sp³-hybridized carbons (Fsp3) is 0.433. The van der Waals surface area contributed by atoms with Crippen LogP contribution < -0.4 is 14.8 Å². The summed E-state index contributed by atoms with van der Waals surface area (Å²) in [4.78, 5) is 13.4. The van der Waals surface area contributed by atoms with Gasteiger partial charge in [-0.25, -0.2) is 13.1 Å². The van der Waals surface area contributed by atoms with Crippen LogP contribution in [-0.4, -0.2) is 67.7 Å². The van der Waals surface area contributed by atoms with Crippen LogP contribution in [0.3, 0.4) is 0 Å². The molecule has 1 aliphatic carbocycles. The third-order valence-electron chi connectivity index (χ3n) is 7.03. The fourth-order valence-corrected chi connectivity index (χ4v) is 5.90. The van der Waals surface area contributed by atoms with Crippen molar-refractivity contribution in [3.05, 3.63) is 83.0 Å². The van der Waals surface area contributed by atoms with Gasteiger partial charge in [0.05, 0.1) is 29.8 Å². The topological polar surface area (TPSA) is 145 Å². The Bertz CT molecular complexity index is 1310. The van der Waals surface area contributed by atoms with Crippen molar-refractivity contribution in [2.45, 2.75) is 63.2 Å². The van der Waals surface area contributed by atoms with Crippen molar-refractivity contribution in [1.82, 2.24) is 10.0 Å². The van der Waals surface area contributed by atoms with Crippen molar-refractivity contribution in [3.63, 3.8) is 0 Å². The lowest BCUT2D eigenvalue weighted by atomic mass is 9.92. The second-order valence-corrected chi connectivity index (χ2v) is 11.9. The Morgan fingerprint density at radius 2 is 1.90 bits per heavy atom. The molecule has 1 aliphatic rings. The van der Waals surface area contributed by atoms with Gasteiger partial charge in [-0.2, -0.15) is 0 Å². The standard InChI is InChI=1S/C30H40N2O7S/c1-4-8-23-17-27(35)29(21(23)3)32-30(36)24(15-22-9-6-5-7-10-22)16-25(34)19-31-40(37,38)26-12-11-20(2)28(18-26)39-14-13-33/h4-12,18,24-25,27,29,31,33-35H,13-17,19H2,1-3H3,(H,32,36). The smallest absolute Gasteiger partial charge is 0.240 e. The molecule has 0 heterocycles. The summed E-state index contributed by atoms with van der Waals surface area (Å²) in [5.74, 6) is -0.640. The largest absolute Gasteiger partial charge is 0.491 e. The molecule has 0 saturated carbocycles. The SMILES string of the molecule is CC=CC1=C(C)C(NC(=O)C(Cc2ccccc2)CC(O)CNS(=O)(=O)c2ccc(C)c(OCCO)c2)C(O)C1. The van der Waals surface area contributed by atoms with E-state index in [0.29, 0.717) is 18.6 Å². The zero-order chi connectivity index (χ0) is 29.3. The lowest BCUT2D eigenvalue weighted by Gasteiger charge is -2.25. The number of hydrogen-bond acceptors (Lipinski definition) is 7. The highest BCUT2D eigenvalue weighted by atomic mass is 32.2. The van der Waals surface area contributed by atoms with Crippen LogP contribution in [0.2, 0.25) is 0 Å². The van der Waals surface area contributed by atoms with Gasteiger partial charge in [-0.1, -0.05) is 48.6 Å². The van der Waals surface area contributed by atoms with E-state index >= 15 is 0 Å². The van der Waals surface area contributed by atoms with Gasteiger partial charge in [-0.3, -0.25) is 4.79 Å². The van der Waals surface area contributed by atoms with Crippen molar-refractivity contribution < 1.29 is 33.3 Å². The number of ether oxygens (including phenoxy) is 1. The van der Waals surface area contributed by atoms with Gasteiger partial charge in [0.25, 0.3) is 0 Å². The molecule has 0 saturated heterocycles. The van der Waals surface area contributed by atoms with Gasteiger partial charge in [-0.05, 0) is 62.0 Å². The predicted octanol–water partition coefficient (Wildman–Crippen LogP) is 2.40. The van der Waals surface area contributed by atoms with Crippen LogP contribution in [0.15, 0.2) is 76.7 Å². The van der Waals surface area contributed by atoms with E-state index in [1.807, 2.05) is 56.3 Å². The molecule has 9 nitrogen and oxygen atoms in total. The monoisotopic (exact) mass is 572 g/mol. The third kappa shape index (κ3) is 8.49. The van der Waals surface area contributed by atoms with Crippen LogP contribution in [0.4, 0.5) is 0 Å². The number of nitrogens with one attached hydrogen (secondary N) is 2. The quantitative estimate of drug-likeness (QED) is 0.234. The van der Waals surface area contributed by atoms with E-state index in [1.54, 1.807) is 13.0 Å². The molecule has 0 spiro atoms. The summed E-state index contributed by atoms with van der Waals surface area (Å²) in [6.45, 7) is 5.08. The van der Waals surface area contributed by atoms with Gasteiger partial charge < -0.3 is 25.4 Å². The number of amides is 1. The molecule has 1 amide bonds. The molecule has 5 N–H and O–H groups in total. The molecule has 4 unspecified atom stereocenters. The van der Waals surface area contributed by atoms with Crippen molar-refractivity contribution in [3.8, 4) is 5.75 Å². The van der Waals surface area contributed by atoms with E-state index in [9.17, 15) is 23.4 Å². The van der Waals surface area contributed by atoms with Gasteiger partial charge >= 0.3 is 0 Å². The van der Waals surface area contributed by atoms with Gasteiger partial charge in [0, 0.05) is 24.9 Å². The Kier molecular flexibility index (Phi) is 11.5. The first-order valence-corrected chi connectivity index (χ1v) is 14.9. The van der Waals surface area contributed by atoms with Gasteiger partial charge in [-0.15, -0.1) is 0 Å². The number of allylic oxidation sites excluding steroid dienone is 2. The first kappa shape index (κ1) is 31.5. The van der Waals surface area contributed by atoms with Crippen LogP contribution in [-0.2, 0) is 21.2 Å². The second kappa shape index (κ2) is 14.6. The zero-order valence-electron chi connectivity index (χ0n) is 23.2. The molecule has 4 atom stereocenters. The number of aliphatic hydroxyl groups excluding tert-OH is 3. The van der Waals surface area contributed by atoms with Crippen LogP contribution in [0, 0.1) is 12.8 Å². The number of benzene rings is 2. The van der Waals surface area contributed by atoms with Crippen molar-refractivity contribution >= 4 is 15.9 Å². The Morgan fingerprint density at radius 1 is 1.18 bits per heavy atom. The maximum Gasteiger partial charge on any atom is 0.240 e. The highest BCUT2D eigenvalue weighted by molar-refractivity contribution is 7.89. The van der Waals surface area contributed by atoms with E-state index in [-0.39, 0.29) is 37.0 Å². The van der Waals surface area contributed by atoms with E-state index in [1.165, 1.54) is 12.1 Å². The van der Waals surface area contributed by atoms with Crippen LogP contribution in [0.25, 0.3) is 0 Å². The Morgan fingerprint density at radius 3 is 2.58 bits per heavy atom. The van der Waals surface area contributed by atoms with Crippen LogP contribution >= 0.6 is 0 Å². The summed E-state index contributed by atoms with van der Waals surface area (Å²) in [7, 11) is -3.98. The maximum absolute atomic E-state index is 13.4. The number of carbonyl (C=O) groups excluding carboxylic acids is 1. The van der Waals surface area contributed by atoms with Crippen molar-refractivity contribution in [2.75, 3.05) is 19.8 Å². The van der Waals surface area contributed by atoms with Crippen LogP contribution in [0.5, 0.6) is 5.75 Å². The minimum absolute atomic E-state index is 0.00923. The number of hydrogen-bond donors (Lipinski definition) is 5. The third-order valence-corrected chi connectivity index (χ3v) is 8.45. The van der Waals surface area contributed by atoms with E-state index < -0.39 is 34.2 Å². The summed E-state index contributed by atoms with van der Waals surface area (Å²) in [6, 6.07) is 13.3. The summed E-state index contributed by atoms with van der Waals surface area (Å²) in [5, 5.41) is 33.4. The normalized spacial score (nSPS) is 19.1. The molecular weight excluding hydrogens is 532 g/mol. The molecule has 10 heteroatoms. The molecule has 0 aliphatic heterocycles. The molecular formula is C30H40N2O7S. The summed E-state index contributed by atoms with van der Waals surface area (Å²) in [6.07, 6.45) is 2.73. The number of aliphatic hydroxyl groups is 3. The number of sulfonamides is 1. The molecule has 218 valence electrons. The molecule has 0 bridgehead atoms. The molecule has 0 radical (unpaired) electrons.